The zero-order chi connectivity index (χ0) is 14.6. The van der Waals surface area contributed by atoms with E-state index in [-0.39, 0.29) is 5.91 Å². The van der Waals surface area contributed by atoms with Crippen molar-refractivity contribution in [2.75, 3.05) is 45.2 Å². The van der Waals surface area contributed by atoms with Crippen LogP contribution in [-0.4, -0.2) is 45.8 Å². The van der Waals surface area contributed by atoms with Crippen molar-refractivity contribution in [1.82, 2.24) is 10.6 Å². The molecule has 0 radical (unpaired) electrons. The number of benzene rings is 1. The van der Waals surface area contributed by atoms with Gasteiger partial charge in [-0.3, -0.25) is 4.79 Å². The van der Waals surface area contributed by atoms with Crippen LogP contribution in [0.4, 0.5) is 5.69 Å². The van der Waals surface area contributed by atoms with Crippen molar-refractivity contribution in [3.05, 3.63) is 29.8 Å². The predicted molar refractivity (Wildman–Crippen MR) is 82.0 cm³/mol. The largest absolute Gasteiger partial charge is 0.384 e. The smallest absolute Gasteiger partial charge is 0.221 e. The third-order valence-corrected chi connectivity index (χ3v) is 2.92. The van der Waals surface area contributed by atoms with Crippen molar-refractivity contribution in [1.29, 1.82) is 0 Å². The summed E-state index contributed by atoms with van der Waals surface area (Å²) < 4.78 is 4.92. The van der Waals surface area contributed by atoms with Crippen LogP contribution in [0.25, 0.3) is 0 Å². The Hall–Kier alpha value is -1.59. The highest BCUT2D eigenvalue weighted by Crippen LogP contribution is 2.12. The van der Waals surface area contributed by atoms with Crippen LogP contribution >= 0.6 is 0 Å². The van der Waals surface area contributed by atoms with E-state index < -0.39 is 0 Å². The molecule has 1 aromatic carbocycles. The van der Waals surface area contributed by atoms with Gasteiger partial charge in [0, 0.05) is 45.4 Å². The van der Waals surface area contributed by atoms with Crippen LogP contribution in [0.1, 0.15) is 12.0 Å². The summed E-state index contributed by atoms with van der Waals surface area (Å²) in [7, 11) is 1.67. The van der Waals surface area contributed by atoms with Gasteiger partial charge in [-0.2, -0.15) is 0 Å². The number of hydrogen-bond acceptors (Lipinski definition) is 4. The average molecular weight is 279 g/mol. The fraction of sp³-hybridized carbons (Fsp3) is 0.533. The minimum Gasteiger partial charge on any atom is -0.384 e. The molecule has 3 N–H and O–H groups in total. The minimum absolute atomic E-state index is 0.0691. The maximum absolute atomic E-state index is 11.6. The molecule has 20 heavy (non-hydrogen) atoms. The Bertz CT molecular complexity index is 396. The molecule has 1 amide bonds. The molecule has 0 fully saturated rings. The lowest BCUT2D eigenvalue weighted by Crippen LogP contribution is -2.33. The van der Waals surface area contributed by atoms with E-state index in [1.807, 2.05) is 31.2 Å². The number of aryl methyl sites for hydroxylation is 1. The fourth-order valence-electron chi connectivity index (χ4n) is 1.76. The topological polar surface area (TPSA) is 62.4 Å². The zero-order valence-corrected chi connectivity index (χ0v) is 12.4. The van der Waals surface area contributed by atoms with E-state index in [1.165, 1.54) is 5.56 Å². The maximum Gasteiger partial charge on any atom is 0.221 e. The number of rotatable bonds is 10. The number of carbonyl (C=O) groups is 1. The predicted octanol–water partition coefficient (Wildman–Crippen LogP) is 1.15. The molecule has 0 aromatic heterocycles. The van der Waals surface area contributed by atoms with Gasteiger partial charge in [0.25, 0.3) is 0 Å². The lowest BCUT2D eigenvalue weighted by molar-refractivity contribution is -0.120. The first-order valence-corrected chi connectivity index (χ1v) is 7.00. The van der Waals surface area contributed by atoms with E-state index in [1.54, 1.807) is 7.11 Å². The maximum atomic E-state index is 11.6. The average Bonchev–Trinajstić information content (AvgIpc) is 2.45. The second-order valence-corrected chi connectivity index (χ2v) is 4.58. The molecule has 0 spiro atoms. The van der Waals surface area contributed by atoms with Gasteiger partial charge in [0.1, 0.15) is 0 Å². The van der Waals surface area contributed by atoms with Crippen molar-refractivity contribution in [3.63, 3.8) is 0 Å². The van der Waals surface area contributed by atoms with Crippen LogP contribution in [0, 0.1) is 6.92 Å². The van der Waals surface area contributed by atoms with E-state index in [0.29, 0.717) is 26.1 Å². The Morgan fingerprint density at radius 2 is 1.95 bits per heavy atom. The highest BCUT2D eigenvalue weighted by Gasteiger charge is 2.01. The summed E-state index contributed by atoms with van der Waals surface area (Å²) in [5.74, 6) is 0.0691. The molecular formula is C15H25N3O2. The van der Waals surface area contributed by atoms with Gasteiger partial charge in [-0.15, -0.1) is 0 Å². The molecule has 1 aromatic rings. The van der Waals surface area contributed by atoms with E-state index in [4.69, 9.17) is 4.74 Å². The van der Waals surface area contributed by atoms with Crippen LogP contribution < -0.4 is 16.0 Å². The lowest BCUT2D eigenvalue weighted by Gasteiger charge is -2.10. The first-order valence-electron chi connectivity index (χ1n) is 7.00. The number of para-hydroxylation sites is 1. The molecule has 1 rings (SSSR count). The molecule has 0 aliphatic heterocycles. The number of ether oxygens (including phenoxy) is 1. The van der Waals surface area contributed by atoms with Gasteiger partial charge in [-0.25, -0.2) is 0 Å². The van der Waals surface area contributed by atoms with Crippen molar-refractivity contribution in [3.8, 4) is 0 Å². The van der Waals surface area contributed by atoms with Gasteiger partial charge < -0.3 is 20.7 Å². The third kappa shape index (κ3) is 7.11. The second kappa shape index (κ2) is 10.2. The van der Waals surface area contributed by atoms with E-state index >= 15 is 0 Å². The zero-order valence-electron chi connectivity index (χ0n) is 12.4. The monoisotopic (exact) mass is 279 g/mol. The molecule has 5 nitrogen and oxygen atoms in total. The number of amides is 1. The van der Waals surface area contributed by atoms with Gasteiger partial charge in [0.2, 0.25) is 5.91 Å². The number of carbonyl (C=O) groups excluding carboxylic acids is 1. The fourth-order valence-corrected chi connectivity index (χ4v) is 1.76. The SMILES string of the molecule is COCCNCCNC(=O)CCNc1ccccc1C. The van der Waals surface area contributed by atoms with Crippen molar-refractivity contribution >= 4 is 11.6 Å². The molecule has 0 heterocycles. The van der Waals surface area contributed by atoms with Crippen LogP contribution in [0.3, 0.4) is 0 Å². The standard InChI is InChI=1S/C15H25N3O2/c1-13-5-3-4-6-14(13)17-8-7-15(19)18-10-9-16-11-12-20-2/h3-6,16-17H,7-12H2,1-2H3,(H,18,19). The van der Waals surface area contributed by atoms with Crippen molar-refractivity contribution in [2.45, 2.75) is 13.3 Å². The number of nitrogens with one attached hydrogen (secondary N) is 3. The Kier molecular flexibility index (Phi) is 8.42. The van der Waals surface area contributed by atoms with Gasteiger partial charge in [0.05, 0.1) is 6.61 Å². The quantitative estimate of drug-likeness (QED) is 0.562. The Morgan fingerprint density at radius 1 is 1.15 bits per heavy atom. The van der Waals surface area contributed by atoms with Crippen LogP contribution in [0.2, 0.25) is 0 Å². The highest BCUT2D eigenvalue weighted by atomic mass is 16.5. The van der Waals surface area contributed by atoms with Crippen molar-refractivity contribution in [2.24, 2.45) is 0 Å². The van der Waals surface area contributed by atoms with Gasteiger partial charge >= 0.3 is 0 Å². The summed E-state index contributed by atoms with van der Waals surface area (Å²) in [4.78, 5) is 11.6. The first-order chi connectivity index (χ1) is 9.74. The Balaban J connectivity index is 2.04. The van der Waals surface area contributed by atoms with E-state index in [0.717, 1.165) is 18.8 Å². The Labute approximate surface area is 121 Å². The molecule has 0 saturated carbocycles. The molecule has 5 heteroatoms. The van der Waals surface area contributed by atoms with E-state index in [2.05, 4.69) is 16.0 Å². The lowest BCUT2D eigenvalue weighted by atomic mass is 10.2. The van der Waals surface area contributed by atoms with Crippen LogP contribution in [0.15, 0.2) is 24.3 Å². The summed E-state index contributed by atoms with van der Waals surface area (Å²) >= 11 is 0. The minimum atomic E-state index is 0.0691. The molecule has 0 unspecified atom stereocenters. The molecular weight excluding hydrogens is 254 g/mol. The molecule has 0 bridgehead atoms. The van der Waals surface area contributed by atoms with Crippen LogP contribution in [-0.2, 0) is 9.53 Å². The van der Waals surface area contributed by atoms with Gasteiger partial charge in [0.15, 0.2) is 0 Å². The van der Waals surface area contributed by atoms with Crippen LogP contribution in [0.5, 0.6) is 0 Å². The summed E-state index contributed by atoms with van der Waals surface area (Å²) in [5.41, 5.74) is 2.27. The summed E-state index contributed by atoms with van der Waals surface area (Å²) in [6.45, 7) is 5.60. The van der Waals surface area contributed by atoms with E-state index in [9.17, 15) is 4.79 Å². The second-order valence-electron chi connectivity index (χ2n) is 4.58. The van der Waals surface area contributed by atoms with Crippen molar-refractivity contribution < 1.29 is 9.53 Å². The Morgan fingerprint density at radius 3 is 2.70 bits per heavy atom. The summed E-state index contributed by atoms with van der Waals surface area (Å²) in [6, 6.07) is 8.06. The first kappa shape index (κ1) is 16.5. The molecule has 0 aliphatic carbocycles. The summed E-state index contributed by atoms with van der Waals surface area (Å²) in [6.07, 6.45) is 0.479. The van der Waals surface area contributed by atoms with Gasteiger partial charge in [-0.05, 0) is 18.6 Å². The number of methoxy groups -OCH3 is 1. The third-order valence-electron chi connectivity index (χ3n) is 2.92. The molecule has 0 aliphatic rings. The molecule has 0 saturated heterocycles. The number of anilines is 1. The molecule has 0 atom stereocenters. The molecule has 112 valence electrons. The number of hydrogen-bond donors (Lipinski definition) is 3. The van der Waals surface area contributed by atoms with Gasteiger partial charge in [-0.1, -0.05) is 18.2 Å². The summed E-state index contributed by atoms with van der Waals surface area (Å²) in [5, 5.41) is 9.32. The highest BCUT2D eigenvalue weighted by molar-refractivity contribution is 5.76. The normalized spacial score (nSPS) is 10.3.